The van der Waals surface area contributed by atoms with E-state index in [4.69, 9.17) is 23.7 Å². The number of hydrogen-bond acceptors (Lipinski definition) is 10. The molecule has 3 aromatic carbocycles. The van der Waals surface area contributed by atoms with Crippen molar-refractivity contribution < 1.29 is 47.6 Å². The van der Waals surface area contributed by atoms with E-state index in [1.807, 2.05) is 48.5 Å². The second-order valence-electron chi connectivity index (χ2n) is 9.64. The van der Waals surface area contributed by atoms with E-state index in [-0.39, 0.29) is 25.2 Å². The molecule has 3 aromatic rings. The van der Waals surface area contributed by atoms with Gasteiger partial charge in [0.25, 0.3) is 0 Å². The van der Waals surface area contributed by atoms with E-state index in [1.165, 1.54) is 13.2 Å². The summed E-state index contributed by atoms with van der Waals surface area (Å²) in [4.78, 5) is 46.3. The highest BCUT2D eigenvalue weighted by Crippen LogP contribution is 2.25. The second kappa shape index (κ2) is 18.9. The van der Waals surface area contributed by atoms with E-state index >= 15 is 0 Å². The zero-order valence-electron chi connectivity index (χ0n) is 25.6. The number of hydrogen-bond donors (Lipinski definition) is 0. The molecular formula is C36H36O10. The van der Waals surface area contributed by atoms with Crippen LogP contribution in [0.5, 0.6) is 17.2 Å². The first-order valence-corrected chi connectivity index (χ1v) is 14.4. The maximum atomic E-state index is 12.3. The van der Waals surface area contributed by atoms with Crippen LogP contribution in [0, 0.1) is 0 Å². The van der Waals surface area contributed by atoms with Crippen LogP contribution in [-0.2, 0) is 33.4 Å². The quantitative estimate of drug-likeness (QED) is 0.0553. The van der Waals surface area contributed by atoms with Gasteiger partial charge in [0.1, 0.15) is 17.2 Å². The van der Waals surface area contributed by atoms with Crippen molar-refractivity contribution in [2.24, 2.45) is 0 Å². The standard InChI is InChI=1S/C36H36O10/c1-4-33(37)44-23-5-21-42-30-14-7-27(8-15-30)9-20-34(38)46-32-18-12-29(13-19-32)28-10-16-31(17-11-28)43-22-6-24-45-36(40)26(2)25-35(39)41-3/h4,7-20H,1-2,5-6,21-25H2,3H3/b20-9+. The molecule has 0 unspecified atom stereocenters. The Bertz CT molecular complexity index is 1500. The van der Waals surface area contributed by atoms with Gasteiger partial charge in [-0.2, -0.15) is 0 Å². The Morgan fingerprint density at radius 1 is 0.674 bits per heavy atom. The van der Waals surface area contributed by atoms with E-state index in [1.54, 1.807) is 30.3 Å². The molecule has 0 fully saturated rings. The number of rotatable bonds is 18. The lowest BCUT2D eigenvalue weighted by molar-refractivity contribution is -0.144. The molecule has 0 amide bonds. The molecule has 3 rings (SSSR count). The monoisotopic (exact) mass is 628 g/mol. The summed E-state index contributed by atoms with van der Waals surface area (Å²) in [5.41, 5.74) is 2.72. The third kappa shape index (κ3) is 12.5. The highest BCUT2D eigenvalue weighted by Gasteiger charge is 2.13. The maximum Gasteiger partial charge on any atom is 0.336 e. The van der Waals surface area contributed by atoms with Crippen LogP contribution in [-0.4, -0.2) is 57.4 Å². The molecule has 0 radical (unpaired) electrons. The molecule has 0 saturated carbocycles. The molecule has 0 aliphatic carbocycles. The summed E-state index contributed by atoms with van der Waals surface area (Å²) in [5.74, 6) is -0.425. The van der Waals surface area contributed by atoms with Crippen LogP contribution in [0.25, 0.3) is 17.2 Å². The van der Waals surface area contributed by atoms with Gasteiger partial charge in [-0.1, -0.05) is 49.6 Å². The molecule has 10 heteroatoms. The fraction of sp³-hybridized carbons (Fsp3) is 0.222. The predicted octanol–water partition coefficient (Wildman–Crippen LogP) is 5.90. The van der Waals surface area contributed by atoms with Crippen molar-refractivity contribution in [1.82, 2.24) is 0 Å². The number of methoxy groups -OCH3 is 1. The summed E-state index contributed by atoms with van der Waals surface area (Å²) < 4.78 is 31.2. The maximum absolute atomic E-state index is 12.3. The van der Waals surface area contributed by atoms with Crippen molar-refractivity contribution in [2.45, 2.75) is 19.3 Å². The van der Waals surface area contributed by atoms with Crippen molar-refractivity contribution in [3.63, 3.8) is 0 Å². The van der Waals surface area contributed by atoms with Crippen molar-refractivity contribution in [3.8, 4) is 28.4 Å². The molecule has 0 aromatic heterocycles. The average molecular weight is 629 g/mol. The topological polar surface area (TPSA) is 124 Å². The Kier molecular flexibility index (Phi) is 14.3. The summed E-state index contributed by atoms with van der Waals surface area (Å²) in [5, 5.41) is 0. The zero-order chi connectivity index (χ0) is 33.1. The van der Waals surface area contributed by atoms with Gasteiger partial charge >= 0.3 is 23.9 Å². The molecule has 10 nitrogen and oxygen atoms in total. The molecule has 0 N–H and O–H groups in total. The van der Waals surface area contributed by atoms with Gasteiger partial charge in [0.2, 0.25) is 0 Å². The third-order valence-corrected chi connectivity index (χ3v) is 6.19. The number of ether oxygens (including phenoxy) is 6. The average Bonchev–Trinajstić information content (AvgIpc) is 3.07. The van der Waals surface area contributed by atoms with Crippen LogP contribution in [0.15, 0.2) is 104 Å². The summed E-state index contributed by atoms with van der Waals surface area (Å²) in [7, 11) is 1.24. The van der Waals surface area contributed by atoms with Gasteiger partial charge in [0.05, 0.1) is 40.0 Å². The highest BCUT2D eigenvalue weighted by atomic mass is 16.5. The first-order valence-electron chi connectivity index (χ1n) is 14.4. The largest absolute Gasteiger partial charge is 0.493 e. The number of carbonyl (C=O) groups is 4. The van der Waals surface area contributed by atoms with Gasteiger partial charge in [-0.3, -0.25) is 4.79 Å². The van der Waals surface area contributed by atoms with Gasteiger partial charge in [0.15, 0.2) is 0 Å². The molecular weight excluding hydrogens is 592 g/mol. The molecule has 46 heavy (non-hydrogen) atoms. The normalized spacial score (nSPS) is 10.5. The van der Waals surface area contributed by atoms with Gasteiger partial charge in [0, 0.05) is 30.6 Å². The van der Waals surface area contributed by atoms with Crippen LogP contribution < -0.4 is 14.2 Å². The number of carbonyl (C=O) groups excluding carboxylic acids is 4. The fourth-order valence-corrected chi connectivity index (χ4v) is 3.76. The Hall–Kier alpha value is -5.64. The first-order chi connectivity index (χ1) is 22.3. The molecule has 0 saturated heterocycles. The van der Waals surface area contributed by atoms with Gasteiger partial charge in [-0.25, -0.2) is 14.4 Å². The summed E-state index contributed by atoms with van der Waals surface area (Å²) in [6.45, 7) is 7.99. The summed E-state index contributed by atoms with van der Waals surface area (Å²) >= 11 is 0. The lowest BCUT2D eigenvalue weighted by Crippen LogP contribution is -2.13. The van der Waals surface area contributed by atoms with Crippen LogP contribution in [0.1, 0.15) is 24.8 Å². The highest BCUT2D eigenvalue weighted by molar-refractivity contribution is 5.93. The Labute approximate surface area is 267 Å². The van der Waals surface area contributed by atoms with Crippen LogP contribution in [0.3, 0.4) is 0 Å². The number of benzene rings is 3. The predicted molar refractivity (Wildman–Crippen MR) is 171 cm³/mol. The Morgan fingerprint density at radius 3 is 1.74 bits per heavy atom. The summed E-state index contributed by atoms with van der Waals surface area (Å²) in [6.07, 6.45) is 4.93. The lowest BCUT2D eigenvalue weighted by atomic mass is 10.1. The zero-order valence-corrected chi connectivity index (χ0v) is 25.6. The van der Waals surface area contributed by atoms with Crippen LogP contribution >= 0.6 is 0 Å². The molecule has 0 spiro atoms. The van der Waals surface area contributed by atoms with Crippen molar-refractivity contribution in [1.29, 1.82) is 0 Å². The SMILES string of the molecule is C=CC(=O)OCCCOc1ccc(/C=C/C(=O)Oc2ccc(-c3ccc(OCCCOC(=O)C(=C)CC(=O)OC)cc3)cc2)cc1. The Balaban J connectivity index is 1.37. The molecule has 0 aliphatic rings. The first kappa shape index (κ1) is 34.8. The van der Waals surface area contributed by atoms with E-state index < -0.39 is 23.9 Å². The van der Waals surface area contributed by atoms with E-state index in [9.17, 15) is 19.2 Å². The van der Waals surface area contributed by atoms with Gasteiger partial charge in [-0.15, -0.1) is 0 Å². The van der Waals surface area contributed by atoms with Gasteiger partial charge < -0.3 is 28.4 Å². The van der Waals surface area contributed by atoms with Crippen LogP contribution in [0.4, 0.5) is 0 Å². The minimum atomic E-state index is -0.638. The van der Waals surface area contributed by atoms with Crippen molar-refractivity contribution in [2.75, 3.05) is 33.5 Å². The number of esters is 4. The molecule has 0 atom stereocenters. The molecule has 0 aliphatic heterocycles. The van der Waals surface area contributed by atoms with E-state index in [0.29, 0.717) is 43.3 Å². The minimum Gasteiger partial charge on any atom is -0.493 e. The Morgan fingerprint density at radius 2 is 1.20 bits per heavy atom. The summed E-state index contributed by atoms with van der Waals surface area (Å²) in [6, 6.07) is 21.8. The van der Waals surface area contributed by atoms with Crippen molar-refractivity contribution >= 4 is 30.0 Å². The third-order valence-electron chi connectivity index (χ3n) is 6.19. The van der Waals surface area contributed by atoms with Gasteiger partial charge in [-0.05, 0) is 59.2 Å². The van der Waals surface area contributed by atoms with E-state index in [2.05, 4.69) is 17.9 Å². The molecule has 240 valence electrons. The smallest absolute Gasteiger partial charge is 0.336 e. The van der Waals surface area contributed by atoms with Crippen LogP contribution in [0.2, 0.25) is 0 Å². The fourth-order valence-electron chi connectivity index (χ4n) is 3.76. The lowest BCUT2D eigenvalue weighted by Gasteiger charge is -2.09. The minimum absolute atomic E-state index is 0.0386. The van der Waals surface area contributed by atoms with Crippen molar-refractivity contribution in [3.05, 3.63) is 109 Å². The molecule has 0 bridgehead atoms. The molecule has 0 heterocycles. The second-order valence-corrected chi connectivity index (χ2v) is 9.64. The van der Waals surface area contributed by atoms with E-state index in [0.717, 1.165) is 22.8 Å².